The molecule has 0 unspecified atom stereocenters. The average Bonchev–Trinajstić information content (AvgIpc) is 3.01. The fraction of sp³-hybridized carbons (Fsp3) is 0.154. The van der Waals surface area contributed by atoms with Gasteiger partial charge >= 0.3 is 0 Å². The molecule has 162 valence electrons. The molecule has 1 aliphatic heterocycles. The van der Waals surface area contributed by atoms with Gasteiger partial charge in [-0.05, 0) is 61.4 Å². The second-order valence-corrected chi connectivity index (χ2v) is 7.96. The first kappa shape index (κ1) is 21.7. The lowest BCUT2D eigenvalue weighted by atomic mass is 10.0. The van der Waals surface area contributed by atoms with Crippen LogP contribution in [0.3, 0.4) is 0 Å². The summed E-state index contributed by atoms with van der Waals surface area (Å²) in [5, 5.41) is 3.77. The SMILES string of the molecule is CCOc1ccc(NC2=C(c3ccc(C)cc3)C(=O)N(Cc3ccc(Cl)cc3)C2=O)cc1. The lowest BCUT2D eigenvalue weighted by Crippen LogP contribution is -2.32. The first-order chi connectivity index (χ1) is 15.5. The molecule has 5 nitrogen and oxygen atoms in total. The molecule has 3 aromatic carbocycles. The van der Waals surface area contributed by atoms with Crippen molar-refractivity contribution >= 4 is 34.7 Å². The van der Waals surface area contributed by atoms with Crippen LogP contribution in [0.5, 0.6) is 5.75 Å². The molecule has 0 fully saturated rings. The highest BCUT2D eigenvalue weighted by Crippen LogP contribution is 2.32. The normalized spacial score (nSPS) is 13.7. The van der Waals surface area contributed by atoms with E-state index in [-0.39, 0.29) is 24.1 Å². The molecule has 1 aliphatic rings. The van der Waals surface area contributed by atoms with Gasteiger partial charge in [-0.15, -0.1) is 0 Å². The molecular formula is C26H23ClN2O3. The van der Waals surface area contributed by atoms with E-state index in [2.05, 4.69) is 5.32 Å². The second kappa shape index (κ2) is 9.28. The first-order valence-electron chi connectivity index (χ1n) is 10.4. The molecular weight excluding hydrogens is 424 g/mol. The van der Waals surface area contributed by atoms with Gasteiger partial charge in [0.15, 0.2) is 0 Å². The van der Waals surface area contributed by atoms with Gasteiger partial charge in [-0.1, -0.05) is 53.6 Å². The molecule has 3 aromatic rings. The van der Waals surface area contributed by atoms with Crippen LogP contribution in [0.25, 0.3) is 5.57 Å². The summed E-state index contributed by atoms with van der Waals surface area (Å²) in [6, 6.07) is 22.0. The lowest BCUT2D eigenvalue weighted by Gasteiger charge is -2.15. The minimum Gasteiger partial charge on any atom is -0.494 e. The van der Waals surface area contributed by atoms with Crippen LogP contribution in [-0.4, -0.2) is 23.3 Å². The number of aryl methyl sites for hydroxylation is 1. The minimum atomic E-state index is -0.366. The highest BCUT2D eigenvalue weighted by Gasteiger charge is 2.39. The molecule has 0 bridgehead atoms. The first-order valence-corrected chi connectivity index (χ1v) is 10.8. The van der Waals surface area contributed by atoms with Crippen LogP contribution in [-0.2, 0) is 16.1 Å². The number of carbonyl (C=O) groups excluding carboxylic acids is 2. The number of rotatable bonds is 7. The summed E-state index contributed by atoms with van der Waals surface area (Å²) in [6.07, 6.45) is 0. The number of carbonyl (C=O) groups is 2. The van der Waals surface area contributed by atoms with E-state index in [0.717, 1.165) is 16.9 Å². The fourth-order valence-electron chi connectivity index (χ4n) is 3.54. The highest BCUT2D eigenvalue weighted by atomic mass is 35.5. The Morgan fingerprint density at radius 1 is 0.875 bits per heavy atom. The third-order valence-electron chi connectivity index (χ3n) is 5.20. The van der Waals surface area contributed by atoms with Crippen LogP contribution < -0.4 is 10.1 Å². The van der Waals surface area contributed by atoms with Gasteiger partial charge in [0.25, 0.3) is 11.8 Å². The predicted molar refractivity (Wildman–Crippen MR) is 126 cm³/mol. The summed E-state index contributed by atoms with van der Waals surface area (Å²) in [6.45, 7) is 4.63. The molecule has 6 heteroatoms. The van der Waals surface area contributed by atoms with E-state index in [0.29, 0.717) is 28.5 Å². The van der Waals surface area contributed by atoms with Crippen molar-refractivity contribution in [1.82, 2.24) is 4.90 Å². The van der Waals surface area contributed by atoms with E-state index in [1.807, 2.05) is 74.5 Å². The maximum absolute atomic E-state index is 13.4. The zero-order valence-electron chi connectivity index (χ0n) is 17.9. The van der Waals surface area contributed by atoms with Crippen molar-refractivity contribution in [3.8, 4) is 5.75 Å². The zero-order chi connectivity index (χ0) is 22.7. The highest BCUT2D eigenvalue weighted by molar-refractivity contribution is 6.36. The molecule has 2 amide bonds. The van der Waals surface area contributed by atoms with Crippen molar-refractivity contribution in [2.45, 2.75) is 20.4 Å². The molecule has 0 radical (unpaired) electrons. The Balaban J connectivity index is 1.68. The number of halogens is 1. The molecule has 0 saturated heterocycles. The van der Waals surface area contributed by atoms with Gasteiger partial charge in [-0.2, -0.15) is 0 Å². The monoisotopic (exact) mass is 446 g/mol. The molecule has 4 rings (SSSR count). The van der Waals surface area contributed by atoms with E-state index in [1.165, 1.54) is 4.90 Å². The van der Waals surface area contributed by atoms with Gasteiger partial charge in [-0.25, -0.2) is 0 Å². The average molecular weight is 447 g/mol. The Morgan fingerprint density at radius 3 is 2.16 bits per heavy atom. The number of imide groups is 1. The van der Waals surface area contributed by atoms with Gasteiger partial charge in [-0.3, -0.25) is 14.5 Å². The second-order valence-electron chi connectivity index (χ2n) is 7.52. The fourth-order valence-corrected chi connectivity index (χ4v) is 3.67. The number of hydrogen-bond donors (Lipinski definition) is 1. The van der Waals surface area contributed by atoms with Crippen LogP contribution >= 0.6 is 11.6 Å². The molecule has 0 aliphatic carbocycles. The molecule has 0 saturated carbocycles. The summed E-state index contributed by atoms with van der Waals surface area (Å²) < 4.78 is 5.48. The number of ether oxygens (including phenoxy) is 1. The maximum atomic E-state index is 13.4. The van der Waals surface area contributed by atoms with E-state index in [1.54, 1.807) is 12.1 Å². The van der Waals surface area contributed by atoms with Gasteiger partial charge < -0.3 is 10.1 Å². The molecule has 0 atom stereocenters. The summed E-state index contributed by atoms with van der Waals surface area (Å²) in [4.78, 5) is 28.0. The maximum Gasteiger partial charge on any atom is 0.278 e. The summed E-state index contributed by atoms with van der Waals surface area (Å²) in [5.74, 6) is 0.0422. The van der Waals surface area contributed by atoms with E-state index < -0.39 is 0 Å². The van der Waals surface area contributed by atoms with Crippen molar-refractivity contribution in [1.29, 1.82) is 0 Å². The Kier molecular flexibility index (Phi) is 6.28. The number of benzene rings is 3. The van der Waals surface area contributed by atoms with Crippen molar-refractivity contribution in [2.75, 3.05) is 11.9 Å². The third kappa shape index (κ3) is 4.53. The smallest absolute Gasteiger partial charge is 0.278 e. The van der Waals surface area contributed by atoms with Crippen LogP contribution in [0.2, 0.25) is 5.02 Å². The Labute approximate surface area is 192 Å². The van der Waals surface area contributed by atoms with Gasteiger partial charge in [0.05, 0.1) is 18.7 Å². The van der Waals surface area contributed by atoms with Crippen LogP contribution in [0.4, 0.5) is 5.69 Å². The predicted octanol–water partition coefficient (Wildman–Crippen LogP) is 5.44. The Hall–Kier alpha value is -3.57. The van der Waals surface area contributed by atoms with E-state index >= 15 is 0 Å². The summed E-state index contributed by atoms with van der Waals surface area (Å²) in [5.41, 5.74) is 3.91. The van der Waals surface area contributed by atoms with Crippen LogP contribution in [0, 0.1) is 6.92 Å². The largest absolute Gasteiger partial charge is 0.494 e. The molecule has 1 heterocycles. The van der Waals surface area contributed by atoms with Crippen molar-refractivity contribution < 1.29 is 14.3 Å². The van der Waals surface area contributed by atoms with E-state index in [9.17, 15) is 9.59 Å². The zero-order valence-corrected chi connectivity index (χ0v) is 18.6. The third-order valence-corrected chi connectivity index (χ3v) is 5.45. The number of hydrogen-bond acceptors (Lipinski definition) is 4. The minimum absolute atomic E-state index is 0.165. The van der Waals surface area contributed by atoms with Crippen molar-refractivity contribution in [3.05, 3.63) is 100 Å². The lowest BCUT2D eigenvalue weighted by molar-refractivity contribution is -0.137. The number of anilines is 1. The summed E-state index contributed by atoms with van der Waals surface area (Å²) in [7, 11) is 0. The van der Waals surface area contributed by atoms with Crippen LogP contribution in [0.15, 0.2) is 78.5 Å². The molecule has 1 N–H and O–H groups in total. The Morgan fingerprint density at radius 2 is 1.53 bits per heavy atom. The molecule has 0 spiro atoms. The number of amides is 2. The topological polar surface area (TPSA) is 58.6 Å². The number of nitrogens with one attached hydrogen (secondary N) is 1. The van der Waals surface area contributed by atoms with Gasteiger partial charge in [0, 0.05) is 10.7 Å². The number of nitrogens with zero attached hydrogens (tertiary/aromatic N) is 1. The molecule has 0 aromatic heterocycles. The summed E-state index contributed by atoms with van der Waals surface area (Å²) >= 11 is 5.97. The van der Waals surface area contributed by atoms with Crippen LogP contribution in [0.1, 0.15) is 23.6 Å². The van der Waals surface area contributed by atoms with E-state index in [4.69, 9.17) is 16.3 Å². The molecule has 32 heavy (non-hydrogen) atoms. The Bertz CT molecular complexity index is 1170. The van der Waals surface area contributed by atoms with Crippen molar-refractivity contribution in [3.63, 3.8) is 0 Å². The van der Waals surface area contributed by atoms with Crippen molar-refractivity contribution in [2.24, 2.45) is 0 Å². The quantitative estimate of drug-likeness (QED) is 0.491. The standard InChI is InChI=1S/C26H23ClN2O3/c1-3-32-22-14-12-21(13-15-22)28-24-23(19-8-4-17(2)5-9-19)25(30)29(26(24)31)16-18-6-10-20(27)11-7-18/h4-15,28H,3,16H2,1-2H3. The van der Waals surface area contributed by atoms with Gasteiger partial charge in [0.1, 0.15) is 11.4 Å². The van der Waals surface area contributed by atoms with Gasteiger partial charge in [0.2, 0.25) is 0 Å².